The molecule has 2 N–H and O–H groups in total. The van der Waals surface area contributed by atoms with Gasteiger partial charge in [0.25, 0.3) is 0 Å². The highest BCUT2D eigenvalue weighted by atomic mass is 16.7. The Labute approximate surface area is 366 Å². The van der Waals surface area contributed by atoms with Crippen molar-refractivity contribution < 1.29 is 76.5 Å². The number of hydrogen-bond acceptors (Lipinski definition) is 18. The lowest BCUT2D eigenvalue weighted by Crippen LogP contribution is -2.66. The summed E-state index contributed by atoms with van der Waals surface area (Å²) in [4.78, 5) is 79.8. The van der Waals surface area contributed by atoms with E-state index >= 15 is 0 Å². The summed E-state index contributed by atoms with van der Waals surface area (Å²) >= 11 is 0. The molecule has 0 aromatic rings. The van der Waals surface area contributed by atoms with Gasteiger partial charge in [0.05, 0.1) is 30.8 Å². The van der Waals surface area contributed by atoms with Gasteiger partial charge in [0.1, 0.15) is 36.8 Å². The van der Waals surface area contributed by atoms with Crippen LogP contribution in [0.2, 0.25) is 0 Å². The molecule has 0 spiro atoms. The van der Waals surface area contributed by atoms with Crippen molar-refractivity contribution >= 4 is 36.1 Å². The molecule has 0 saturated carbocycles. The Balaban J connectivity index is 2.07. The quantitative estimate of drug-likeness (QED) is 0.144. The molecule has 3 aliphatic rings. The highest BCUT2D eigenvalue weighted by Crippen LogP contribution is 2.39. The van der Waals surface area contributed by atoms with Gasteiger partial charge in [0.2, 0.25) is 5.91 Å². The highest BCUT2D eigenvalue weighted by molar-refractivity contribution is 5.77. The molecule has 3 fully saturated rings. The molecule has 16 atom stereocenters. The van der Waals surface area contributed by atoms with Crippen molar-refractivity contribution in [3.05, 3.63) is 0 Å². The summed E-state index contributed by atoms with van der Waals surface area (Å²) in [5.74, 6) is -3.63. The first-order valence-electron chi connectivity index (χ1n) is 21.7. The molecule has 3 heterocycles. The topological polar surface area (TPSA) is 224 Å². The van der Waals surface area contributed by atoms with Crippen molar-refractivity contribution in [2.24, 2.45) is 11.8 Å². The minimum Gasteiger partial charge on any atom is -0.461 e. The molecule has 3 rings (SSSR count). The summed E-state index contributed by atoms with van der Waals surface area (Å²) in [5, 5.41) is 15.2. The normalized spacial score (nSPS) is 37.9. The van der Waals surface area contributed by atoms with Gasteiger partial charge in [0.15, 0.2) is 24.3 Å². The number of ether oxygens (including phenoxy) is 9. The number of nitrogens with zero attached hydrogens (tertiary/aromatic N) is 2. The number of aliphatic hydroxyl groups is 1. The van der Waals surface area contributed by atoms with E-state index in [1.807, 2.05) is 25.8 Å². The average Bonchev–Trinajstić information content (AvgIpc) is 3.16. The van der Waals surface area contributed by atoms with Gasteiger partial charge in [-0.1, -0.05) is 20.8 Å². The maximum Gasteiger partial charge on any atom is 0.306 e. The molecule has 0 aliphatic carbocycles. The van der Waals surface area contributed by atoms with Gasteiger partial charge in [-0.05, 0) is 67.1 Å². The lowest BCUT2D eigenvalue weighted by molar-refractivity contribution is -0.344. The molecule has 1 amide bonds. The van der Waals surface area contributed by atoms with Crippen LogP contribution in [0.15, 0.2) is 0 Å². The summed E-state index contributed by atoms with van der Waals surface area (Å²) in [6.07, 6.45) is -10.6. The Kier molecular flexibility index (Phi) is 20.6. The Morgan fingerprint density at radius 1 is 0.903 bits per heavy atom. The van der Waals surface area contributed by atoms with E-state index in [9.17, 15) is 33.9 Å². The standard InChI is InChI=1S/C43H73N3O16/c1-14-33(51)58-30-19-32(50)44-24(4)21-46(12)22-31(57-27(7)48)23(3)18-29(16-17-47)39(40(30)54-13)61-42-37(53)36(45(10)11)38(25(5)56-42)60-35-20-43(9,62-28(8)49)41(26(6)55-35)59-34(52)15-2/h17,23-26,29-31,35-42,53H,14-16,18-22H2,1-13H3,(H,44,50)/t23-,24-,25?,26?,29+,30-,31+,35+,36?,37?,38+,39+,40+,41+,42+,43?/m1/s1. The minimum absolute atomic E-state index is 0.00205. The first-order chi connectivity index (χ1) is 29.1. The van der Waals surface area contributed by atoms with E-state index in [2.05, 4.69) is 5.32 Å². The summed E-state index contributed by atoms with van der Waals surface area (Å²) in [6.45, 7) is 15.4. The number of hydrogen-bond donors (Lipinski definition) is 2. The van der Waals surface area contributed by atoms with Gasteiger partial charge >= 0.3 is 23.9 Å². The monoisotopic (exact) mass is 887 g/mol. The van der Waals surface area contributed by atoms with Crippen molar-refractivity contribution in [1.29, 1.82) is 0 Å². The molecule has 0 bridgehead atoms. The number of methoxy groups -OCH3 is 1. The number of aliphatic hydroxyl groups excluding tert-OH is 1. The molecule has 0 aromatic heterocycles. The van der Waals surface area contributed by atoms with Crippen molar-refractivity contribution in [2.45, 2.75) is 186 Å². The van der Waals surface area contributed by atoms with Crippen LogP contribution in [0.25, 0.3) is 0 Å². The third-order valence-corrected chi connectivity index (χ3v) is 11.8. The van der Waals surface area contributed by atoms with Gasteiger partial charge in [-0.2, -0.15) is 0 Å². The molecule has 0 radical (unpaired) electrons. The van der Waals surface area contributed by atoms with Gasteiger partial charge in [-0.25, -0.2) is 0 Å². The zero-order chi connectivity index (χ0) is 46.6. The Bertz CT molecular complexity index is 1500. The molecule has 5 unspecified atom stereocenters. The Morgan fingerprint density at radius 2 is 1.55 bits per heavy atom. The number of carbonyl (C=O) groups is 6. The number of carbonyl (C=O) groups excluding carboxylic acids is 6. The van der Waals surface area contributed by atoms with Crippen LogP contribution < -0.4 is 5.32 Å². The number of likely N-dealkylation sites (N-methyl/N-ethyl adjacent to an activating group) is 2. The predicted molar refractivity (Wildman–Crippen MR) is 221 cm³/mol. The number of nitrogens with one attached hydrogen (secondary N) is 1. The lowest BCUT2D eigenvalue weighted by atomic mass is 9.82. The minimum atomic E-state index is -1.42. The van der Waals surface area contributed by atoms with E-state index in [-0.39, 0.29) is 50.5 Å². The largest absolute Gasteiger partial charge is 0.461 e. The maximum absolute atomic E-state index is 13.6. The van der Waals surface area contributed by atoms with Crippen LogP contribution in [0.1, 0.15) is 101 Å². The van der Waals surface area contributed by atoms with Gasteiger partial charge in [0, 0.05) is 65.8 Å². The highest BCUT2D eigenvalue weighted by Gasteiger charge is 2.54. The number of aldehydes is 1. The molecular formula is C43H73N3O16. The van der Waals surface area contributed by atoms with Gasteiger partial charge in [-0.3, -0.25) is 24.0 Å². The van der Waals surface area contributed by atoms with E-state index in [1.165, 1.54) is 21.0 Å². The van der Waals surface area contributed by atoms with Crippen LogP contribution in [0.4, 0.5) is 0 Å². The van der Waals surface area contributed by atoms with Crippen LogP contribution in [0.5, 0.6) is 0 Å². The second-order valence-corrected chi connectivity index (χ2v) is 17.5. The van der Waals surface area contributed by atoms with Crippen LogP contribution in [-0.4, -0.2) is 178 Å². The fourth-order valence-electron chi connectivity index (χ4n) is 9.00. The zero-order valence-corrected chi connectivity index (χ0v) is 38.9. The predicted octanol–water partition coefficient (Wildman–Crippen LogP) is 1.91. The van der Waals surface area contributed by atoms with E-state index in [0.717, 1.165) is 6.29 Å². The lowest BCUT2D eigenvalue weighted by Gasteiger charge is -2.50. The number of esters is 4. The molecule has 19 nitrogen and oxygen atoms in total. The zero-order valence-electron chi connectivity index (χ0n) is 38.9. The summed E-state index contributed by atoms with van der Waals surface area (Å²) in [6, 6.07) is -1.16. The van der Waals surface area contributed by atoms with Crippen molar-refractivity contribution in [3.8, 4) is 0 Å². The maximum atomic E-state index is 13.6. The van der Waals surface area contributed by atoms with E-state index in [4.69, 9.17) is 42.6 Å². The van der Waals surface area contributed by atoms with Crippen LogP contribution in [0, 0.1) is 11.8 Å². The third-order valence-electron chi connectivity index (χ3n) is 11.8. The summed E-state index contributed by atoms with van der Waals surface area (Å²) in [7, 11) is 6.72. The Morgan fingerprint density at radius 3 is 2.11 bits per heavy atom. The average molecular weight is 888 g/mol. The number of amides is 1. The van der Waals surface area contributed by atoms with Gasteiger partial charge < -0.3 is 67.6 Å². The fraction of sp³-hybridized carbons (Fsp3) is 0.860. The molecule has 356 valence electrons. The molecule has 0 aromatic carbocycles. The van der Waals surface area contributed by atoms with Crippen LogP contribution in [-0.2, 0) is 71.4 Å². The Hall–Kier alpha value is -3.30. The summed E-state index contributed by atoms with van der Waals surface area (Å²) in [5.41, 5.74) is -1.32. The van der Waals surface area contributed by atoms with Crippen molar-refractivity contribution in [3.63, 3.8) is 0 Å². The molecule has 19 heteroatoms. The first-order valence-corrected chi connectivity index (χ1v) is 21.7. The van der Waals surface area contributed by atoms with Gasteiger partial charge in [-0.15, -0.1) is 0 Å². The molecule has 3 saturated heterocycles. The van der Waals surface area contributed by atoms with Crippen LogP contribution >= 0.6 is 0 Å². The van der Waals surface area contributed by atoms with E-state index < -0.39 is 115 Å². The SMILES string of the molecule is CCC(=O)O[C@@H]1CC(=O)N[C@H](C)CN(C)C[C@H](OC(C)=O)[C@H](C)C[C@H](CC=O)[C@H](O[C@@H]2OC(C)[C@H](O[C@H]3CC(C)(OC(C)=O)[C@@H](OC(=O)CC)C(C)O3)C(N(C)C)C2O)[C@H]1OC. The molecule has 62 heavy (non-hydrogen) atoms. The van der Waals surface area contributed by atoms with E-state index in [0.29, 0.717) is 13.1 Å². The van der Waals surface area contributed by atoms with E-state index in [1.54, 1.807) is 53.6 Å². The second kappa shape index (κ2) is 24.1. The van der Waals surface area contributed by atoms with Crippen LogP contribution in [0.3, 0.4) is 0 Å². The number of rotatable bonds is 14. The van der Waals surface area contributed by atoms with Crippen molar-refractivity contribution in [1.82, 2.24) is 15.1 Å². The fourth-order valence-corrected chi connectivity index (χ4v) is 9.00. The molecule has 3 aliphatic heterocycles. The smallest absolute Gasteiger partial charge is 0.306 e. The second-order valence-electron chi connectivity index (χ2n) is 17.5. The third kappa shape index (κ3) is 14.6. The summed E-state index contributed by atoms with van der Waals surface area (Å²) < 4.78 is 55.2. The first kappa shape index (κ1) is 53.0. The molecular weight excluding hydrogens is 814 g/mol. The van der Waals surface area contributed by atoms with Crippen molar-refractivity contribution in [2.75, 3.05) is 41.3 Å².